The van der Waals surface area contributed by atoms with Crippen LogP contribution in [0.15, 0.2) is 49.2 Å². The largest absolute Gasteiger partial charge is 0.454 e. The minimum Gasteiger partial charge on any atom is -0.454 e. The minimum absolute atomic E-state index is 0.211. The monoisotopic (exact) mass is 336 g/mol. The fraction of sp³-hybridized carbons (Fsp3) is 0.200. The maximum Gasteiger partial charge on any atom is 0.340 e. The van der Waals surface area contributed by atoms with E-state index in [2.05, 4.69) is 11.6 Å². The van der Waals surface area contributed by atoms with Crippen molar-refractivity contribution in [2.24, 2.45) is 0 Å². The molecule has 128 valence electrons. The number of fused-ring (bicyclic) bond motifs is 1. The second-order valence-corrected chi connectivity index (χ2v) is 5.93. The molecule has 2 heterocycles. The number of benzene rings is 1. The van der Waals surface area contributed by atoms with Crippen molar-refractivity contribution < 1.29 is 14.3 Å². The zero-order chi connectivity index (χ0) is 18.0. The fourth-order valence-corrected chi connectivity index (χ4v) is 3.02. The topological polar surface area (TPSA) is 64.1 Å². The predicted molar refractivity (Wildman–Crippen MR) is 97.0 cm³/mol. The van der Waals surface area contributed by atoms with Crippen LogP contribution in [0.5, 0.6) is 0 Å². The van der Waals surface area contributed by atoms with Crippen LogP contribution in [0.25, 0.3) is 10.9 Å². The molecule has 0 radical (unpaired) electrons. The van der Waals surface area contributed by atoms with E-state index in [9.17, 15) is 9.59 Å². The number of carbonyl (C=O) groups is 2. The lowest BCUT2D eigenvalue weighted by molar-refractivity contribution is 0.0476. The van der Waals surface area contributed by atoms with Crippen LogP contribution in [0, 0.1) is 13.8 Å². The van der Waals surface area contributed by atoms with E-state index in [0.29, 0.717) is 17.7 Å². The molecular weight excluding hydrogens is 316 g/mol. The van der Waals surface area contributed by atoms with E-state index in [0.717, 1.165) is 22.3 Å². The molecule has 0 aliphatic carbocycles. The number of carbonyl (C=O) groups excluding carboxylic acids is 2. The zero-order valence-corrected chi connectivity index (χ0v) is 14.3. The molecule has 5 nitrogen and oxygen atoms in total. The molecule has 1 aromatic carbocycles. The van der Waals surface area contributed by atoms with Gasteiger partial charge in [0.15, 0.2) is 6.61 Å². The van der Waals surface area contributed by atoms with Gasteiger partial charge in [-0.1, -0.05) is 24.3 Å². The number of nitrogens with one attached hydrogen (secondary N) is 1. The summed E-state index contributed by atoms with van der Waals surface area (Å²) in [6.45, 7) is 7.90. The molecule has 3 rings (SSSR count). The smallest absolute Gasteiger partial charge is 0.340 e. The zero-order valence-electron chi connectivity index (χ0n) is 14.3. The van der Waals surface area contributed by atoms with Crippen LogP contribution in [0.4, 0.5) is 0 Å². The average molecular weight is 336 g/mol. The number of aromatic amines is 1. The molecule has 0 spiro atoms. The first kappa shape index (κ1) is 16.8. The number of para-hydroxylation sites is 1. The molecule has 0 unspecified atom stereocenters. The number of aryl methyl sites for hydroxylation is 1. The number of esters is 1. The molecule has 0 atom stereocenters. The van der Waals surface area contributed by atoms with Gasteiger partial charge >= 0.3 is 5.97 Å². The number of aromatic nitrogens is 2. The highest BCUT2D eigenvalue weighted by molar-refractivity contribution is 6.05. The lowest BCUT2D eigenvalue weighted by atomic mass is 10.1. The molecule has 1 N–H and O–H groups in total. The highest BCUT2D eigenvalue weighted by atomic mass is 16.5. The molecule has 0 saturated heterocycles. The van der Waals surface area contributed by atoms with Crippen LogP contribution in [0.1, 0.15) is 32.1 Å². The summed E-state index contributed by atoms with van der Waals surface area (Å²) >= 11 is 0. The first-order chi connectivity index (χ1) is 12.0. The predicted octanol–water partition coefficient (Wildman–Crippen LogP) is 3.81. The molecule has 2 aromatic heterocycles. The summed E-state index contributed by atoms with van der Waals surface area (Å²) in [5.74, 6) is -0.720. The summed E-state index contributed by atoms with van der Waals surface area (Å²) in [7, 11) is 0. The number of nitrogens with zero attached hydrogens (tertiary/aromatic N) is 1. The molecule has 3 aromatic rings. The minimum atomic E-state index is -0.509. The fourth-order valence-electron chi connectivity index (χ4n) is 3.02. The van der Waals surface area contributed by atoms with Crippen LogP contribution >= 0.6 is 0 Å². The SMILES string of the molecule is C=CCn1c(C)cc(C(=O)COC(=O)c2c[nH]c3ccccc23)c1C. The lowest BCUT2D eigenvalue weighted by Gasteiger charge is -2.06. The molecule has 5 heteroatoms. The van der Waals surface area contributed by atoms with Gasteiger partial charge < -0.3 is 14.3 Å². The normalized spacial score (nSPS) is 10.8. The average Bonchev–Trinajstić information content (AvgIpc) is 3.16. The van der Waals surface area contributed by atoms with Crippen LogP contribution < -0.4 is 0 Å². The number of rotatable bonds is 6. The Bertz CT molecular complexity index is 963. The van der Waals surface area contributed by atoms with Gasteiger partial charge in [-0.2, -0.15) is 0 Å². The number of hydrogen-bond acceptors (Lipinski definition) is 3. The van der Waals surface area contributed by atoms with Crippen molar-refractivity contribution in [3.05, 3.63) is 71.7 Å². The highest BCUT2D eigenvalue weighted by Crippen LogP contribution is 2.19. The maximum atomic E-state index is 12.4. The van der Waals surface area contributed by atoms with Crippen molar-refractivity contribution >= 4 is 22.7 Å². The Labute approximate surface area is 145 Å². The van der Waals surface area contributed by atoms with Crippen molar-refractivity contribution in [1.82, 2.24) is 9.55 Å². The summed E-state index contributed by atoms with van der Waals surface area (Å²) in [5, 5.41) is 0.782. The van der Waals surface area contributed by atoms with E-state index in [-0.39, 0.29) is 12.4 Å². The number of ketones is 1. The van der Waals surface area contributed by atoms with Gasteiger partial charge in [0, 0.05) is 40.6 Å². The van der Waals surface area contributed by atoms with Crippen LogP contribution in [0.3, 0.4) is 0 Å². The van der Waals surface area contributed by atoms with Gasteiger partial charge in [0.2, 0.25) is 5.78 Å². The Morgan fingerprint density at radius 3 is 2.76 bits per heavy atom. The maximum absolute atomic E-state index is 12.4. The standard InChI is InChI=1S/C20H20N2O3/c1-4-9-22-13(2)10-16(14(22)3)19(23)12-25-20(24)17-11-21-18-8-6-5-7-15(17)18/h4-8,10-11,21H,1,9,12H2,2-3H3. The van der Waals surface area contributed by atoms with E-state index in [1.54, 1.807) is 12.3 Å². The third-order valence-electron chi connectivity index (χ3n) is 4.33. The molecule has 0 aliphatic rings. The Hall–Kier alpha value is -3.08. The van der Waals surface area contributed by atoms with Crippen LogP contribution in [0.2, 0.25) is 0 Å². The number of ether oxygens (including phenoxy) is 1. The summed E-state index contributed by atoms with van der Waals surface area (Å²) in [5.41, 5.74) is 3.69. The van der Waals surface area contributed by atoms with Gasteiger partial charge in [-0.3, -0.25) is 4.79 Å². The molecule has 0 bridgehead atoms. The quantitative estimate of drug-likeness (QED) is 0.423. The third kappa shape index (κ3) is 3.13. The summed E-state index contributed by atoms with van der Waals surface area (Å²) in [6, 6.07) is 9.28. The van der Waals surface area contributed by atoms with E-state index in [1.165, 1.54) is 0 Å². The van der Waals surface area contributed by atoms with Gasteiger partial charge in [0.1, 0.15) is 0 Å². The molecular formula is C20H20N2O3. The Morgan fingerprint density at radius 1 is 1.24 bits per heavy atom. The Balaban J connectivity index is 1.73. The van der Waals surface area contributed by atoms with Gasteiger partial charge in [-0.15, -0.1) is 6.58 Å². The van der Waals surface area contributed by atoms with Crippen molar-refractivity contribution in [3.63, 3.8) is 0 Å². The molecule has 0 fully saturated rings. The lowest BCUT2D eigenvalue weighted by Crippen LogP contribution is -2.15. The van der Waals surface area contributed by atoms with Crippen molar-refractivity contribution in [2.45, 2.75) is 20.4 Å². The summed E-state index contributed by atoms with van der Waals surface area (Å²) in [6.07, 6.45) is 3.39. The number of H-pyrrole nitrogens is 1. The number of allylic oxidation sites excluding steroid dienone is 1. The van der Waals surface area contributed by atoms with E-state index >= 15 is 0 Å². The van der Waals surface area contributed by atoms with Gasteiger partial charge in [0.05, 0.1) is 5.56 Å². The van der Waals surface area contributed by atoms with Crippen molar-refractivity contribution in [1.29, 1.82) is 0 Å². The molecule has 0 aliphatic heterocycles. The molecule has 25 heavy (non-hydrogen) atoms. The first-order valence-electron chi connectivity index (χ1n) is 8.07. The van der Waals surface area contributed by atoms with Crippen LogP contribution in [-0.2, 0) is 11.3 Å². The summed E-state index contributed by atoms with van der Waals surface area (Å²) < 4.78 is 7.24. The second-order valence-electron chi connectivity index (χ2n) is 5.93. The van der Waals surface area contributed by atoms with E-state index in [4.69, 9.17) is 4.74 Å². The van der Waals surface area contributed by atoms with Crippen molar-refractivity contribution in [2.75, 3.05) is 6.61 Å². The van der Waals surface area contributed by atoms with Crippen molar-refractivity contribution in [3.8, 4) is 0 Å². The molecule has 0 saturated carbocycles. The first-order valence-corrected chi connectivity index (χ1v) is 8.07. The molecule has 0 amide bonds. The van der Waals surface area contributed by atoms with Gasteiger partial charge in [0.25, 0.3) is 0 Å². The highest BCUT2D eigenvalue weighted by Gasteiger charge is 2.19. The van der Waals surface area contributed by atoms with Gasteiger partial charge in [-0.25, -0.2) is 4.79 Å². The second kappa shape index (κ2) is 6.81. The van der Waals surface area contributed by atoms with Crippen LogP contribution in [-0.4, -0.2) is 27.9 Å². The Kier molecular flexibility index (Phi) is 4.57. The van der Waals surface area contributed by atoms with E-state index in [1.807, 2.05) is 48.7 Å². The van der Waals surface area contributed by atoms with Gasteiger partial charge in [-0.05, 0) is 26.0 Å². The third-order valence-corrected chi connectivity index (χ3v) is 4.33. The number of Topliss-reactive ketones (excluding diaryl/α,β-unsaturated/α-hetero) is 1. The van der Waals surface area contributed by atoms with E-state index < -0.39 is 5.97 Å². The number of hydrogen-bond donors (Lipinski definition) is 1. The Morgan fingerprint density at radius 2 is 2.00 bits per heavy atom. The summed E-state index contributed by atoms with van der Waals surface area (Å²) in [4.78, 5) is 27.8.